The Morgan fingerprint density at radius 1 is 1.00 bits per heavy atom. The number of nitrogens with two attached hydrogens (primary N) is 1. The minimum absolute atomic E-state index is 0.0480. The molecule has 1 fully saturated rings. The standard InChI is InChI=1S/C31H34BFN2O4/c1-19-27(34)15-14-20(28(19)33)16-21(32-38-30(2,3)31(4,5)39-32)17-35-29(36)37-18-26-24-12-8-6-10-22(24)23-11-7-9-13-25(23)26/h6-16,26H,17-18,34H2,1-5H3,(H,35,36). The van der Waals surface area contributed by atoms with Gasteiger partial charge in [0.25, 0.3) is 0 Å². The number of carbonyl (C=O) groups is 1. The molecule has 6 nitrogen and oxygen atoms in total. The summed E-state index contributed by atoms with van der Waals surface area (Å²) >= 11 is 0. The molecule has 8 heteroatoms. The second-order valence-electron chi connectivity index (χ2n) is 11.2. The summed E-state index contributed by atoms with van der Waals surface area (Å²) in [4.78, 5) is 12.9. The zero-order valence-corrected chi connectivity index (χ0v) is 23.0. The van der Waals surface area contributed by atoms with E-state index in [1.54, 1.807) is 25.1 Å². The van der Waals surface area contributed by atoms with Crippen LogP contribution in [-0.2, 0) is 14.0 Å². The zero-order valence-electron chi connectivity index (χ0n) is 23.0. The highest BCUT2D eigenvalue weighted by Crippen LogP contribution is 2.44. The van der Waals surface area contributed by atoms with Gasteiger partial charge in [-0.1, -0.05) is 60.7 Å². The third-order valence-corrected chi connectivity index (χ3v) is 8.14. The highest BCUT2D eigenvalue weighted by Gasteiger charge is 2.52. The van der Waals surface area contributed by atoms with Crippen LogP contribution in [0, 0.1) is 12.7 Å². The maximum absolute atomic E-state index is 15.0. The normalized spacial score (nSPS) is 17.6. The van der Waals surface area contributed by atoms with E-state index in [1.807, 2.05) is 52.0 Å². The first-order valence-electron chi connectivity index (χ1n) is 13.2. The molecule has 0 unspecified atom stereocenters. The molecule has 1 aliphatic carbocycles. The monoisotopic (exact) mass is 528 g/mol. The number of nitrogen functional groups attached to an aromatic ring is 1. The van der Waals surface area contributed by atoms with Gasteiger partial charge in [0.15, 0.2) is 0 Å². The summed E-state index contributed by atoms with van der Waals surface area (Å²) < 4.78 is 33.2. The first-order chi connectivity index (χ1) is 18.5. The van der Waals surface area contributed by atoms with Gasteiger partial charge in [-0.05, 0) is 68.4 Å². The van der Waals surface area contributed by atoms with E-state index in [1.165, 1.54) is 0 Å². The molecule has 0 aromatic heterocycles. The Balaban J connectivity index is 1.33. The number of anilines is 1. The van der Waals surface area contributed by atoms with Crippen molar-refractivity contribution >= 4 is 25.0 Å². The van der Waals surface area contributed by atoms with Crippen LogP contribution in [0.5, 0.6) is 0 Å². The van der Waals surface area contributed by atoms with Crippen LogP contribution in [0.1, 0.15) is 55.9 Å². The van der Waals surface area contributed by atoms with Crippen LogP contribution >= 0.6 is 0 Å². The van der Waals surface area contributed by atoms with Crippen molar-refractivity contribution in [2.45, 2.75) is 51.7 Å². The fourth-order valence-electron chi connectivity index (χ4n) is 5.05. The van der Waals surface area contributed by atoms with Gasteiger partial charge in [-0.15, -0.1) is 0 Å². The number of carbonyl (C=O) groups excluding carboxylic acids is 1. The van der Waals surface area contributed by atoms with E-state index in [0.29, 0.717) is 22.3 Å². The van der Waals surface area contributed by atoms with E-state index >= 15 is 4.39 Å². The summed E-state index contributed by atoms with van der Waals surface area (Å²) in [6, 6.07) is 19.6. The Hall–Kier alpha value is -3.62. The van der Waals surface area contributed by atoms with Crippen LogP contribution < -0.4 is 11.1 Å². The molecule has 1 saturated heterocycles. The molecule has 1 aliphatic heterocycles. The third kappa shape index (κ3) is 5.06. The van der Waals surface area contributed by atoms with Crippen molar-refractivity contribution < 1.29 is 23.2 Å². The van der Waals surface area contributed by atoms with Crippen molar-refractivity contribution in [3.05, 3.63) is 94.2 Å². The molecule has 1 amide bonds. The first-order valence-corrected chi connectivity index (χ1v) is 13.2. The Kier molecular flexibility index (Phi) is 7.03. The highest BCUT2D eigenvalue weighted by atomic mass is 19.1. The zero-order chi connectivity index (χ0) is 27.9. The highest BCUT2D eigenvalue weighted by molar-refractivity contribution is 6.56. The minimum Gasteiger partial charge on any atom is -0.449 e. The van der Waals surface area contributed by atoms with Crippen LogP contribution in [0.2, 0.25) is 0 Å². The van der Waals surface area contributed by atoms with Crippen molar-refractivity contribution in [1.82, 2.24) is 5.32 Å². The van der Waals surface area contributed by atoms with Crippen molar-refractivity contribution in [3.63, 3.8) is 0 Å². The van der Waals surface area contributed by atoms with Crippen LogP contribution in [0.15, 0.2) is 66.1 Å². The summed E-state index contributed by atoms with van der Waals surface area (Å²) in [5.41, 5.74) is 10.9. The summed E-state index contributed by atoms with van der Waals surface area (Å²) in [6.45, 7) is 9.65. The number of fused-ring (bicyclic) bond motifs is 3. The van der Waals surface area contributed by atoms with Crippen LogP contribution in [0.3, 0.4) is 0 Å². The lowest BCUT2D eigenvalue weighted by Gasteiger charge is -2.32. The number of benzene rings is 3. The van der Waals surface area contributed by atoms with Gasteiger partial charge in [0.2, 0.25) is 0 Å². The maximum Gasteiger partial charge on any atom is 0.492 e. The molecule has 0 radical (unpaired) electrons. The van der Waals surface area contributed by atoms with Gasteiger partial charge in [0.1, 0.15) is 12.4 Å². The molecule has 39 heavy (non-hydrogen) atoms. The van der Waals surface area contributed by atoms with E-state index in [-0.39, 0.29) is 19.1 Å². The number of hydrogen-bond acceptors (Lipinski definition) is 5. The molecular weight excluding hydrogens is 494 g/mol. The fourth-order valence-corrected chi connectivity index (χ4v) is 5.05. The first kappa shape index (κ1) is 27.0. The molecule has 5 rings (SSSR count). The molecule has 3 N–H and O–H groups in total. The smallest absolute Gasteiger partial charge is 0.449 e. The predicted octanol–water partition coefficient (Wildman–Crippen LogP) is 6.27. The van der Waals surface area contributed by atoms with Gasteiger partial charge in [0, 0.05) is 29.3 Å². The van der Waals surface area contributed by atoms with Gasteiger partial charge < -0.3 is 25.1 Å². The van der Waals surface area contributed by atoms with E-state index in [0.717, 1.165) is 22.3 Å². The lowest BCUT2D eigenvalue weighted by atomic mass is 9.77. The number of nitrogens with one attached hydrogen (secondary N) is 1. The van der Waals surface area contributed by atoms with Crippen molar-refractivity contribution in [1.29, 1.82) is 0 Å². The maximum atomic E-state index is 15.0. The van der Waals surface area contributed by atoms with Crippen molar-refractivity contribution in [3.8, 4) is 11.1 Å². The number of halogens is 1. The van der Waals surface area contributed by atoms with Crippen LogP contribution in [0.4, 0.5) is 14.9 Å². The summed E-state index contributed by atoms with van der Waals surface area (Å²) in [6.07, 6.45) is 1.07. The summed E-state index contributed by atoms with van der Waals surface area (Å²) in [7, 11) is -0.777. The van der Waals surface area contributed by atoms with Gasteiger partial charge >= 0.3 is 13.2 Å². The Bertz CT molecular complexity index is 1390. The van der Waals surface area contributed by atoms with Crippen LogP contribution in [-0.4, -0.2) is 37.6 Å². The molecule has 202 valence electrons. The number of rotatable bonds is 6. The van der Waals surface area contributed by atoms with Crippen molar-refractivity contribution in [2.75, 3.05) is 18.9 Å². The molecule has 0 saturated carbocycles. The Morgan fingerprint density at radius 2 is 1.56 bits per heavy atom. The SMILES string of the molecule is Cc1c(N)ccc(C=C(CNC(=O)OCC2c3ccccc3-c3ccccc32)B2OC(C)(C)C(C)(C)O2)c1F. The van der Waals surface area contributed by atoms with Crippen molar-refractivity contribution in [2.24, 2.45) is 0 Å². The Morgan fingerprint density at radius 3 is 2.15 bits per heavy atom. The van der Waals surface area contributed by atoms with Gasteiger partial charge in [-0.25, -0.2) is 9.18 Å². The predicted molar refractivity (Wildman–Crippen MR) is 153 cm³/mol. The number of ether oxygens (including phenoxy) is 1. The molecule has 2 aliphatic rings. The fraction of sp³-hybridized carbons (Fsp3) is 0.323. The van der Waals surface area contributed by atoms with Gasteiger partial charge in [-0.3, -0.25) is 0 Å². The molecule has 0 bridgehead atoms. The lowest BCUT2D eigenvalue weighted by Crippen LogP contribution is -2.41. The molecule has 3 aromatic carbocycles. The lowest BCUT2D eigenvalue weighted by molar-refractivity contribution is 0.00578. The summed E-state index contributed by atoms with van der Waals surface area (Å²) in [5.74, 6) is -0.474. The van der Waals surface area contributed by atoms with Gasteiger partial charge in [0.05, 0.1) is 11.2 Å². The second kappa shape index (κ2) is 10.2. The average Bonchev–Trinajstić information content (AvgIpc) is 3.34. The molecule has 0 atom stereocenters. The van der Waals surface area contributed by atoms with E-state index < -0.39 is 30.2 Å². The number of hydrogen-bond donors (Lipinski definition) is 2. The van der Waals surface area contributed by atoms with Crippen LogP contribution in [0.25, 0.3) is 17.2 Å². The van der Waals surface area contributed by atoms with E-state index in [4.69, 9.17) is 19.8 Å². The third-order valence-electron chi connectivity index (χ3n) is 8.14. The number of alkyl carbamates (subject to hydrolysis) is 1. The van der Waals surface area contributed by atoms with E-state index in [9.17, 15) is 4.79 Å². The topological polar surface area (TPSA) is 82.8 Å². The largest absolute Gasteiger partial charge is 0.492 e. The quantitative estimate of drug-likeness (QED) is 0.291. The second-order valence-corrected chi connectivity index (χ2v) is 11.2. The Labute approximate surface area is 229 Å². The summed E-state index contributed by atoms with van der Waals surface area (Å²) in [5, 5.41) is 2.82. The molecular formula is C31H34BFN2O4. The average molecular weight is 528 g/mol. The molecule has 3 aromatic rings. The molecule has 1 heterocycles. The van der Waals surface area contributed by atoms with Gasteiger partial charge in [-0.2, -0.15) is 0 Å². The minimum atomic E-state index is -0.777. The number of amides is 1. The van der Waals surface area contributed by atoms with E-state index in [2.05, 4.69) is 29.6 Å². The molecule has 0 spiro atoms.